The van der Waals surface area contributed by atoms with E-state index in [0.717, 1.165) is 0 Å². The van der Waals surface area contributed by atoms with E-state index in [-0.39, 0.29) is 18.9 Å². The number of carbonyl (C=O) groups is 2. The molecule has 1 aliphatic heterocycles. The fourth-order valence-electron chi connectivity index (χ4n) is 2.53. The van der Waals surface area contributed by atoms with Crippen molar-refractivity contribution in [2.24, 2.45) is 5.92 Å². The smallest absolute Gasteiger partial charge is 0.308 e. The number of benzene rings is 1. The van der Waals surface area contributed by atoms with Crippen LogP contribution in [0.1, 0.15) is 30.9 Å². The minimum absolute atomic E-state index is 0.171. The van der Waals surface area contributed by atoms with Gasteiger partial charge >= 0.3 is 5.97 Å². The maximum atomic E-state index is 13.1. The lowest BCUT2D eigenvalue weighted by Gasteiger charge is -2.31. The lowest BCUT2D eigenvalue weighted by molar-refractivity contribution is -0.146. The summed E-state index contributed by atoms with van der Waals surface area (Å²) in [4.78, 5) is 24.6. The monoisotopic (exact) mass is 295 g/mol. The van der Waals surface area contributed by atoms with Gasteiger partial charge in [-0.25, -0.2) is 4.39 Å². The predicted octanol–water partition coefficient (Wildman–Crippen LogP) is 1.57. The Bertz CT molecular complexity index is 534. The second-order valence-corrected chi connectivity index (χ2v) is 5.29. The molecule has 5 nitrogen and oxygen atoms in total. The molecule has 0 bridgehead atoms. The average molecular weight is 295 g/mol. The summed E-state index contributed by atoms with van der Waals surface area (Å²) >= 11 is 0. The molecule has 1 amide bonds. The molecule has 1 fully saturated rings. The summed E-state index contributed by atoms with van der Waals surface area (Å²) in [6.45, 7) is 0.669. The summed E-state index contributed by atoms with van der Waals surface area (Å²) in [6, 6.07) is 5.48. The molecule has 1 saturated heterocycles. The molecule has 1 aliphatic rings. The number of halogens is 1. The molecule has 0 unspecified atom stereocenters. The molecule has 1 aromatic carbocycles. The van der Waals surface area contributed by atoms with Gasteiger partial charge in [-0.2, -0.15) is 0 Å². The Balaban J connectivity index is 1.96. The SMILES string of the molecule is O=C(O)[C@@H]1CCCN(C(=O)C[C@@H](O)c2cccc(F)c2)C1. The maximum absolute atomic E-state index is 13.1. The summed E-state index contributed by atoms with van der Waals surface area (Å²) in [5, 5.41) is 19.0. The number of amides is 1. The predicted molar refractivity (Wildman–Crippen MR) is 72.9 cm³/mol. The quantitative estimate of drug-likeness (QED) is 0.884. The maximum Gasteiger partial charge on any atom is 0.308 e. The van der Waals surface area contributed by atoms with Crippen molar-refractivity contribution in [2.45, 2.75) is 25.4 Å². The number of hydrogen-bond donors (Lipinski definition) is 2. The number of rotatable bonds is 4. The van der Waals surface area contributed by atoms with E-state index in [1.165, 1.54) is 23.1 Å². The molecule has 0 radical (unpaired) electrons. The average Bonchev–Trinajstić information content (AvgIpc) is 2.47. The number of carboxylic acid groups (broad SMARTS) is 1. The number of likely N-dealkylation sites (tertiary alicyclic amines) is 1. The van der Waals surface area contributed by atoms with Crippen LogP contribution < -0.4 is 0 Å². The van der Waals surface area contributed by atoms with Gasteiger partial charge in [0, 0.05) is 13.1 Å². The molecule has 6 heteroatoms. The number of hydrogen-bond acceptors (Lipinski definition) is 3. The normalized spacial score (nSPS) is 20.1. The molecule has 1 heterocycles. The molecule has 21 heavy (non-hydrogen) atoms. The lowest BCUT2D eigenvalue weighted by atomic mass is 9.97. The highest BCUT2D eigenvalue weighted by atomic mass is 19.1. The largest absolute Gasteiger partial charge is 0.481 e. The number of carboxylic acids is 1. The van der Waals surface area contributed by atoms with Crippen molar-refractivity contribution in [3.05, 3.63) is 35.6 Å². The van der Waals surface area contributed by atoms with Crippen LogP contribution >= 0.6 is 0 Å². The standard InChI is InChI=1S/C15H18FNO4/c16-12-5-1-3-10(7-12)13(18)8-14(19)17-6-2-4-11(9-17)15(20)21/h1,3,5,7,11,13,18H,2,4,6,8-9H2,(H,20,21)/t11-,13-/m1/s1. The van der Waals surface area contributed by atoms with Gasteiger partial charge in [-0.3, -0.25) is 9.59 Å². The van der Waals surface area contributed by atoms with Crippen LogP contribution in [0.4, 0.5) is 4.39 Å². The Labute approximate surface area is 122 Å². The van der Waals surface area contributed by atoms with E-state index in [9.17, 15) is 19.1 Å². The number of piperidine rings is 1. The van der Waals surface area contributed by atoms with Crippen LogP contribution in [0.3, 0.4) is 0 Å². The van der Waals surface area contributed by atoms with Gasteiger partial charge < -0.3 is 15.1 Å². The van der Waals surface area contributed by atoms with Gasteiger partial charge in [0.1, 0.15) is 5.82 Å². The number of aliphatic carboxylic acids is 1. The highest BCUT2D eigenvalue weighted by Gasteiger charge is 2.29. The molecule has 0 saturated carbocycles. The molecule has 0 spiro atoms. The van der Waals surface area contributed by atoms with Crippen molar-refractivity contribution in [2.75, 3.05) is 13.1 Å². The van der Waals surface area contributed by atoms with Crippen molar-refractivity contribution in [1.82, 2.24) is 4.90 Å². The molecule has 2 atom stereocenters. The molecule has 0 aliphatic carbocycles. The van der Waals surface area contributed by atoms with E-state index in [2.05, 4.69) is 0 Å². The summed E-state index contributed by atoms with van der Waals surface area (Å²) in [5.74, 6) is -2.23. The van der Waals surface area contributed by atoms with Crippen molar-refractivity contribution >= 4 is 11.9 Å². The molecule has 0 aromatic heterocycles. The van der Waals surface area contributed by atoms with Crippen molar-refractivity contribution in [3.8, 4) is 0 Å². The van der Waals surface area contributed by atoms with Gasteiger partial charge in [-0.05, 0) is 30.5 Å². The van der Waals surface area contributed by atoms with E-state index < -0.39 is 23.8 Å². The first-order chi connectivity index (χ1) is 9.97. The Morgan fingerprint density at radius 1 is 1.43 bits per heavy atom. The van der Waals surface area contributed by atoms with Crippen LogP contribution in [0.5, 0.6) is 0 Å². The zero-order valence-corrected chi connectivity index (χ0v) is 11.5. The lowest BCUT2D eigenvalue weighted by Crippen LogP contribution is -2.42. The summed E-state index contributed by atoms with van der Waals surface area (Å²) in [6.07, 6.45) is -0.0569. The van der Waals surface area contributed by atoms with E-state index in [1.807, 2.05) is 0 Å². The third-order valence-corrected chi connectivity index (χ3v) is 3.72. The third-order valence-electron chi connectivity index (χ3n) is 3.72. The molecule has 1 aromatic rings. The van der Waals surface area contributed by atoms with E-state index in [4.69, 9.17) is 5.11 Å². The van der Waals surface area contributed by atoms with Crippen LogP contribution in [0.2, 0.25) is 0 Å². The molecule has 114 valence electrons. The first kappa shape index (κ1) is 15.4. The Morgan fingerprint density at radius 3 is 2.86 bits per heavy atom. The minimum Gasteiger partial charge on any atom is -0.481 e. The fraction of sp³-hybridized carbons (Fsp3) is 0.467. The zero-order valence-electron chi connectivity index (χ0n) is 11.5. The molecule has 2 rings (SSSR count). The molecular formula is C15H18FNO4. The van der Waals surface area contributed by atoms with E-state index in [1.54, 1.807) is 6.07 Å². The number of aliphatic hydroxyl groups is 1. The van der Waals surface area contributed by atoms with Crippen molar-refractivity contribution in [1.29, 1.82) is 0 Å². The second kappa shape index (κ2) is 6.67. The van der Waals surface area contributed by atoms with Crippen LogP contribution in [-0.2, 0) is 9.59 Å². The van der Waals surface area contributed by atoms with Gasteiger partial charge in [0.25, 0.3) is 0 Å². The Kier molecular flexibility index (Phi) is 4.90. The first-order valence-electron chi connectivity index (χ1n) is 6.91. The first-order valence-corrected chi connectivity index (χ1v) is 6.91. The van der Waals surface area contributed by atoms with Crippen molar-refractivity contribution in [3.63, 3.8) is 0 Å². The van der Waals surface area contributed by atoms with Crippen LogP contribution in [0.15, 0.2) is 24.3 Å². The third kappa shape index (κ3) is 4.01. The van der Waals surface area contributed by atoms with Gasteiger partial charge in [0.05, 0.1) is 18.4 Å². The highest BCUT2D eigenvalue weighted by Crippen LogP contribution is 2.22. The second-order valence-electron chi connectivity index (χ2n) is 5.29. The minimum atomic E-state index is -1.08. The van der Waals surface area contributed by atoms with Gasteiger partial charge in [-0.1, -0.05) is 12.1 Å². The van der Waals surface area contributed by atoms with Crippen LogP contribution in [0.25, 0.3) is 0 Å². The van der Waals surface area contributed by atoms with Crippen molar-refractivity contribution < 1.29 is 24.2 Å². The van der Waals surface area contributed by atoms with Gasteiger partial charge in [0.15, 0.2) is 0 Å². The van der Waals surface area contributed by atoms with Gasteiger partial charge in [-0.15, -0.1) is 0 Å². The fourth-order valence-corrected chi connectivity index (χ4v) is 2.53. The highest BCUT2D eigenvalue weighted by molar-refractivity contribution is 5.78. The molecular weight excluding hydrogens is 277 g/mol. The van der Waals surface area contributed by atoms with Crippen LogP contribution in [-0.4, -0.2) is 40.1 Å². The topological polar surface area (TPSA) is 77.8 Å². The zero-order chi connectivity index (χ0) is 15.4. The Morgan fingerprint density at radius 2 is 2.19 bits per heavy atom. The van der Waals surface area contributed by atoms with E-state index >= 15 is 0 Å². The number of carbonyl (C=O) groups excluding carboxylic acids is 1. The summed E-state index contributed by atoms with van der Waals surface area (Å²) in [5.41, 5.74) is 0.343. The van der Waals surface area contributed by atoms with Gasteiger partial charge in [0.2, 0.25) is 5.91 Å². The number of nitrogens with zero attached hydrogens (tertiary/aromatic N) is 1. The van der Waals surface area contributed by atoms with Crippen LogP contribution in [0, 0.1) is 11.7 Å². The summed E-state index contributed by atoms with van der Waals surface area (Å²) in [7, 11) is 0. The Hall–Kier alpha value is -1.95. The van der Waals surface area contributed by atoms with E-state index in [0.29, 0.717) is 24.9 Å². The summed E-state index contributed by atoms with van der Waals surface area (Å²) < 4.78 is 13.1. The molecule has 2 N–H and O–H groups in total. The number of aliphatic hydroxyl groups excluding tert-OH is 1.